The summed E-state index contributed by atoms with van der Waals surface area (Å²) in [7, 11) is 3.04. The predicted molar refractivity (Wildman–Crippen MR) is 102 cm³/mol. The fourth-order valence-corrected chi connectivity index (χ4v) is 3.04. The van der Waals surface area contributed by atoms with Gasteiger partial charge in [0.25, 0.3) is 5.91 Å². The van der Waals surface area contributed by atoms with Crippen LogP contribution in [0, 0.1) is 0 Å². The van der Waals surface area contributed by atoms with Crippen LogP contribution >= 0.6 is 11.8 Å². The third-order valence-corrected chi connectivity index (χ3v) is 4.61. The van der Waals surface area contributed by atoms with E-state index in [9.17, 15) is 9.59 Å². The number of nitrogens with one attached hydrogen (secondary N) is 1. The molecule has 0 fully saturated rings. The van der Waals surface area contributed by atoms with Gasteiger partial charge in [-0.1, -0.05) is 23.9 Å². The van der Waals surface area contributed by atoms with Crippen LogP contribution in [-0.2, 0) is 4.79 Å². The maximum atomic E-state index is 12.3. The van der Waals surface area contributed by atoms with Gasteiger partial charge in [-0.05, 0) is 46.8 Å². The third kappa shape index (κ3) is 4.46. The number of amides is 2. The van der Waals surface area contributed by atoms with Crippen LogP contribution in [-0.4, -0.2) is 52.0 Å². The molecule has 1 N–H and O–H groups in total. The van der Waals surface area contributed by atoms with Crippen molar-refractivity contribution in [2.45, 2.75) is 5.16 Å². The number of ether oxygens (including phenoxy) is 2. The quantitative estimate of drug-likeness (QED) is 0.599. The van der Waals surface area contributed by atoms with Crippen molar-refractivity contribution in [1.29, 1.82) is 0 Å². The van der Waals surface area contributed by atoms with Gasteiger partial charge in [0, 0.05) is 0 Å². The molecular weight excluding hydrogens is 382 g/mol. The molecule has 0 aliphatic carbocycles. The molecule has 2 amide bonds. The van der Waals surface area contributed by atoms with E-state index >= 15 is 0 Å². The topological polar surface area (TPSA) is 108 Å². The van der Waals surface area contributed by atoms with Gasteiger partial charge >= 0.3 is 0 Å². The van der Waals surface area contributed by atoms with Gasteiger partial charge in [-0.25, -0.2) is 0 Å². The molecule has 0 aliphatic heterocycles. The molecule has 0 spiro atoms. The Morgan fingerprint density at radius 3 is 2.54 bits per heavy atom. The smallest absolute Gasteiger partial charge is 0.261 e. The first kappa shape index (κ1) is 19.4. The highest BCUT2D eigenvalue weighted by Gasteiger charge is 2.16. The second-order valence-electron chi connectivity index (χ2n) is 5.44. The molecule has 144 valence electrons. The summed E-state index contributed by atoms with van der Waals surface area (Å²) >= 11 is 1.11. The molecule has 9 nitrogen and oxygen atoms in total. The number of para-hydroxylation sites is 1. The maximum absolute atomic E-state index is 12.3. The van der Waals surface area contributed by atoms with Gasteiger partial charge in [-0.2, -0.15) is 4.68 Å². The largest absolute Gasteiger partial charge is 0.497 e. The number of nitrogens with zero attached hydrogens (tertiary/aromatic N) is 4. The molecule has 3 aromatic rings. The highest BCUT2D eigenvalue weighted by molar-refractivity contribution is 7.99. The molecule has 2 aromatic carbocycles. The zero-order valence-corrected chi connectivity index (χ0v) is 16.0. The van der Waals surface area contributed by atoms with E-state index in [-0.39, 0.29) is 11.3 Å². The number of carbonyl (C=O) groups is 2. The van der Waals surface area contributed by atoms with Crippen molar-refractivity contribution in [2.24, 2.45) is 0 Å². The number of thioether (sulfide) groups is 1. The van der Waals surface area contributed by atoms with Gasteiger partial charge in [0.2, 0.25) is 11.1 Å². The Hall–Kier alpha value is -3.40. The highest BCUT2D eigenvalue weighted by Crippen LogP contribution is 2.20. The van der Waals surface area contributed by atoms with Crippen LogP contribution in [0.1, 0.15) is 10.4 Å². The number of benzene rings is 2. The Bertz CT molecular complexity index is 974. The lowest BCUT2D eigenvalue weighted by Gasteiger charge is -2.08. The van der Waals surface area contributed by atoms with Crippen LogP contribution in [0.4, 0.5) is 0 Å². The summed E-state index contributed by atoms with van der Waals surface area (Å²) in [5.41, 5.74) is 1.00. The fraction of sp³-hybridized carbons (Fsp3) is 0.167. The van der Waals surface area contributed by atoms with Crippen LogP contribution in [0.2, 0.25) is 0 Å². The Balaban J connectivity index is 1.62. The molecule has 0 radical (unpaired) electrons. The third-order valence-electron chi connectivity index (χ3n) is 3.69. The molecule has 0 aliphatic rings. The zero-order chi connectivity index (χ0) is 19.9. The number of rotatable bonds is 7. The minimum atomic E-state index is -0.530. The molecule has 0 unspecified atom stereocenters. The van der Waals surface area contributed by atoms with Crippen molar-refractivity contribution in [2.75, 3.05) is 20.0 Å². The number of hydrogen-bond acceptors (Lipinski definition) is 8. The molecule has 3 rings (SSSR count). The van der Waals surface area contributed by atoms with E-state index in [4.69, 9.17) is 9.47 Å². The highest BCUT2D eigenvalue weighted by atomic mass is 32.2. The lowest BCUT2D eigenvalue weighted by Crippen LogP contribution is -2.32. The van der Waals surface area contributed by atoms with Crippen LogP contribution in [0.3, 0.4) is 0 Å². The average molecular weight is 399 g/mol. The van der Waals surface area contributed by atoms with Gasteiger partial charge in [-0.3, -0.25) is 14.9 Å². The molecule has 1 aromatic heterocycles. The lowest BCUT2D eigenvalue weighted by molar-refractivity contribution is -0.117. The Kier molecular flexibility index (Phi) is 6.22. The molecule has 10 heteroatoms. The zero-order valence-electron chi connectivity index (χ0n) is 15.2. The summed E-state index contributed by atoms with van der Waals surface area (Å²) in [4.78, 5) is 24.4. The van der Waals surface area contributed by atoms with Crippen LogP contribution < -0.4 is 14.8 Å². The van der Waals surface area contributed by atoms with Crippen LogP contribution in [0.25, 0.3) is 5.69 Å². The summed E-state index contributed by atoms with van der Waals surface area (Å²) in [6.45, 7) is 0. The molecule has 28 heavy (non-hydrogen) atoms. The van der Waals surface area contributed by atoms with E-state index in [1.54, 1.807) is 55.6 Å². The van der Waals surface area contributed by atoms with E-state index < -0.39 is 11.8 Å². The fourth-order valence-electron chi connectivity index (χ4n) is 2.35. The van der Waals surface area contributed by atoms with Crippen molar-refractivity contribution in [3.05, 3.63) is 54.1 Å². The normalized spacial score (nSPS) is 10.4. The van der Waals surface area contributed by atoms with E-state index in [1.807, 2.05) is 0 Å². The van der Waals surface area contributed by atoms with Gasteiger partial charge < -0.3 is 9.47 Å². The maximum Gasteiger partial charge on any atom is 0.261 e. The lowest BCUT2D eigenvalue weighted by atomic mass is 10.2. The van der Waals surface area contributed by atoms with E-state index in [0.29, 0.717) is 16.7 Å². The predicted octanol–water partition coefficient (Wildman–Crippen LogP) is 1.73. The van der Waals surface area contributed by atoms with Crippen LogP contribution in [0.15, 0.2) is 53.7 Å². The average Bonchev–Trinajstić information content (AvgIpc) is 3.21. The number of tetrazole rings is 1. The van der Waals surface area contributed by atoms with Gasteiger partial charge in [0.15, 0.2) is 0 Å². The van der Waals surface area contributed by atoms with Crippen molar-refractivity contribution in [3.63, 3.8) is 0 Å². The monoisotopic (exact) mass is 399 g/mol. The first-order valence-electron chi connectivity index (χ1n) is 8.15. The number of methoxy groups -OCH3 is 2. The number of hydrogen-bond donors (Lipinski definition) is 1. The second kappa shape index (κ2) is 9.00. The Morgan fingerprint density at radius 1 is 1.07 bits per heavy atom. The summed E-state index contributed by atoms with van der Waals surface area (Å²) in [5.74, 6) is 0.0735. The minimum absolute atomic E-state index is 0.0303. The van der Waals surface area contributed by atoms with E-state index in [2.05, 4.69) is 20.8 Å². The summed E-state index contributed by atoms with van der Waals surface area (Å²) in [6.07, 6.45) is 0. The summed E-state index contributed by atoms with van der Waals surface area (Å²) in [6, 6.07) is 13.8. The van der Waals surface area contributed by atoms with Crippen molar-refractivity contribution in [3.8, 4) is 17.2 Å². The second-order valence-corrected chi connectivity index (χ2v) is 6.38. The van der Waals surface area contributed by atoms with Crippen molar-refractivity contribution < 1.29 is 19.1 Å². The number of aromatic nitrogens is 4. The Labute approximate surface area is 165 Å². The van der Waals surface area contributed by atoms with Crippen LogP contribution in [0.5, 0.6) is 11.5 Å². The van der Waals surface area contributed by atoms with Gasteiger partial charge in [-0.15, -0.1) is 5.10 Å². The Morgan fingerprint density at radius 2 is 1.82 bits per heavy atom. The summed E-state index contributed by atoms with van der Waals surface area (Å²) in [5, 5.41) is 14.3. The number of imide groups is 1. The van der Waals surface area contributed by atoms with Crippen molar-refractivity contribution >= 4 is 23.6 Å². The standard InChI is InChI=1S/C18H17N5O4S/c1-26-13-9-7-12(8-10-13)23-18(20-21-22-23)28-11-16(24)19-17(25)14-5-3-4-6-15(14)27-2/h3-10H,11H2,1-2H3,(H,19,24,25). The first-order valence-corrected chi connectivity index (χ1v) is 9.13. The number of carbonyl (C=O) groups excluding carboxylic acids is 2. The molecule has 0 bridgehead atoms. The SMILES string of the molecule is COc1ccc(-n2nnnc2SCC(=O)NC(=O)c2ccccc2OC)cc1. The van der Waals surface area contributed by atoms with Gasteiger partial charge in [0.1, 0.15) is 11.5 Å². The minimum Gasteiger partial charge on any atom is -0.497 e. The van der Waals surface area contributed by atoms with Crippen molar-refractivity contribution in [1.82, 2.24) is 25.5 Å². The van der Waals surface area contributed by atoms with E-state index in [1.165, 1.54) is 11.8 Å². The summed E-state index contributed by atoms with van der Waals surface area (Å²) < 4.78 is 11.8. The molecule has 1 heterocycles. The first-order chi connectivity index (χ1) is 13.6. The van der Waals surface area contributed by atoms with E-state index in [0.717, 1.165) is 17.4 Å². The molecular formula is C18H17N5O4S. The molecule has 0 atom stereocenters. The molecule has 0 saturated carbocycles. The molecule has 0 saturated heterocycles. The van der Waals surface area contributed by atoms with Gasteiger partial charge in [0.05, 0.1) is 31.2 Å².